The minimum Gasteiger partial charge on any atom is -0.352 e. The number of anilines is 1. The van der Waals surface area contributed by atoms with Crippen molar-refractivity contribution in [3.05, 3.63) is 40.8 Å². The highest BCUT2D eigenvalue weighted by atomic mass is 16.1. The normalized spacial score (nSPS) is 11.4. The second-order valence-electron chi connectivity index (χ2n) is 4.98. The van der Waals surface area contributed by atoms with Crippen molar-refractivity contribution in [3.63, 3.8) is 0 Å². The van der Waals surface area contributed by atoms with Crippen LogP contribution in [-0.4, -0.2) is 21.5 Å². The molecule has 0 aliphatic carbocycles. The van der Waals surface area contributed by atoms with Gasteiger partial charge in [-0.05, 0) is 39.8 Å². The molecule has 2 heterocycles. The zero-order valence-corrected chi connectivity index (χ0v) is 11.3. The highest BCUT2D eigenvalue weighted by Crippen LogP contribution is 2.16. The van der Waals surface area contributed by atoms with Gasteiger partial charge in [-0.1, -0.05) is 6.07 Å². The van der Waals surface area contributed by atoms with E-state index < -0.39 is 0 Å². The smallest absolute Gasteiger partial charge is 0.259 e. The zero-order valence-electron chi connectivity index (χ0n) is 11.3. The van der Waals surface area contributed by atoms with Crippen molar-refractivity contribution in [3.8, 4) is 0 Å². The second kappa shape index (κ2) is 4.80. The van der Waals surface area contributed by atoms with Crippen LogP contribution < -0.4 is 10.5 Å². The summed E-state index contributed by atoms with van der Waals surface area (Å²) in [6.45, 7) is 8.42. The summed E-state index contributed by atoms with van der Waals surface area (Å²) in [5.41, 5.74) is 0.646. The highest BCUT2D eigenvalue weighted by molar-refractivity contribution is 5.49. The van der Waals surface area contributed by atoms with E-state index in [1.165, 1.54) is 0 Å². The average molecular weight is 245 g/mol. The Bertz CT molecular complexity index is 593. The van der Waals surface area contributed by atoms with Gasteiger partial charge in [0.1, 0.15) is 11.5 Å². The fraction of sp³-hybridized carbons (Fsp3) is 0.429. The Morgan fingerprint density at radius 1 is 1.17 bits per heavy atom. The quantitative estimate of drug-likeness (QED) is 0.832. The van der Waals surface area contributed by atoms with Crippen LogP contribution >= 0.6 is 0 Å². The van der Waals surface area contributed by atoms with E-state index in [2.05, 4.69) is 37.6 Å². The van der Waals surface area contributed by atoms with Crippen molar-refractivity contribution >= 4 is 11.5 Å². The molecule has 96 valence electrons. The number of fused-ring (bicyclic) bond motifs is 1. The first-order valence-electron chi connectivity index (χ1n) is 6.27. The maximum atomic E-state index is 12.0. The van der Waals surface area contributed by atoms with Gasteiger partial charge < -0.3 is 4.90 Å². The van der Waals surface area contributed by atoms with Crippen LogP contribution in [0.25, 0.3) is 5.65 Å². The standard InChI is InChI=1S/C14H19N3O/c1-10(2)17(11(3)4)13-9-14(18)16-8-6-5-7-12(16)15-13/h5-11H,1-4H3. The van der Waals surface area contributed by atoms with Gasteiger partial charge in [0.05, 0.1) is 0 Å². The van der Waals surface area contributed by atoms with Crippen LogP contribution in [0.5, 0.6) is 0 Å². The van der Waals surface area contributed by atoms with Crippen molar-refractivity contribution in [2.75, 3.05) is 4.90 Å². The van der Waals surface area contributed by atoms with Crippen LogP contribution in [0.2, 0.25) is 0 Å². The Kier molecular flexibility index (Phi) is 3.36. The molecule has 0 fully saturated rings. The molecule has 0 amide bonds. The third-order valence-electron chi connectivity index (χ3n) is 2.93. The van der Waals surface area contributed by atoms with Crippen LogP contribution in [0, 0.1) is 0 Å². The van der Waals surface area contributed by atoms with E-state index >= 15 is 0 Å². The van der Waals surface area contributed by atoms with Gasteiger partial charge in [0.25, 0.3) is 5.56 Å². The third-order valence-corrected chi connectivity index (χ3v) is 2.93. The molecule has 2 aromatic rings. The summed E-state index contributed by atoms with van der Waals surface area (Å²) in [4.78, 5) is 18.8. The summed E-state index contributed by atoms with van der Waals surface area (Å²) in [7, 11) is 0. The molecule has 4 heteroatoms. The monoisotopic (exact) mass is 245 g/mol. The van der Waals surface area contributed by atoms with Crippen molar-refractivity contribution < 1.29 is 0 Å². The summed E-state index contributed by atoms with van der Waals surface area (Å²) in [5.74, 6) is 0.746. The fourth-order valence-corrected chi connectivity index (χ4v) is 2.30. The zero-order chi connectivity index (χ0) is 13.3. The van der Waals surface area contributed by atoms with Gasteiger partial charge in [-0.3, -0.25) is 9.20 Å². The van der Waals surface area contributed by atoms with E-state index in [1.54, 1.807) is 16.7 Å². The van der Waals surface area contributed by atoms with E-state index in [0.29, 0.717) is 17.7 Å². The first-order chi connectivity index (χ1) is 8.50. The molecule has 0 unspecified atom stereocenters. The fourth-order valence-electron chi connectivity index (χ4n) is 2.30. The average Bonchev–Trinajstić information content (AvgIpc) is 2.28. The number of aromatic nitrogens is 2. The summed E-state index contributed by atoms with van der Waals surface area (Å²) in [5, 5.41) is 0. The summed E-state index contributed by atoms with van der Waals surface area (Å²) in [6.07, 6.45) is 1.74. The summed E-state index contributed by atoms with van der Waals surface area (Å²) >= 11 is 0. The molecule has 2 aromatic heterocycles. The SMILES string of the molecule is CC(C)N(c1cc(=O)n2ccccc2n1)C(C)C. The molecule has 0 saturated carbocycles. The van der Waals surface area contributed by atoms with Crippen molar-refractivity contribution in [1.82, 2.24) is 9.38 Å². The minimum atomic E-state index is -0.0399. The molecule has 0 aromatic carbocycles. The lowest BCUT2D eigenvalue weighted by atomic mass is 10.2. The van der Waals surface area contributed by atoms with E-state index in [-0.39, 0.29) is 5.56 Å². The Morgan fingerprint density at radius 3 is 2.44 bits per heavy atom. The second-order valence-corrected chi connectivity index (χ2v) is 4.98. The molecule has 0 radical (unpaired) electrons. The van der Waals surface area contributed by atoms with Gasteiger partial charge in [0.15, 0.2) is 0 Å². The molecule has 0 aliphatic rings. The molecule has 0 bridgehead atoms. The van der Waals surface area contributed by atoms with Gasteiger partial charge >= 0.3 is 0 Å². The van der Waals surface area contributed by atoms with Crippen LogP contribution in [-0.2, 0) is 0 Å². The molecular formula is C14H19N3O. The topological polar surface area (TPSA) is 37.6 Å². The molecule has 0 atom stereocenters. The number of rotatable bonds is 3. The third kappa shape index (κ3) is 2.23. The van der Waals surface area contributed by atoms with Crippen molar-refractivity contribution in [1.29, 1.82) is 0 Å². The van der Waals surface area contributed by atoms with Crippen LogP contribution in [0.4, 0.5) is 5.82 Å². The number of nitrogens with zero attached hydrogens (tertiary/aromatic N) is 3. The maximum Gasteiger partial charge on any atom is 0.259 e. The molecule has 18 heavy (non-hydrogen) atoms. The number of pyridine rings is 1. The predicted octanol–water partition coefficient (Wildman–Crippen LogP) is 2.32. The van der Waals surface area contributed by atoms with Gasteiger partial charge in [-0.15, -0.1) is 0 Å². The molecule has 0 saturated heterocycles. The van der Waals surface area contributed by atoms with E-state index in [0.717, 1.165) is 5.82 Å². The molecule has 0 spiro atoms. The highest BCUT2D eigenvalue weighted by Gasteiger charge is 2.16. The molecular weight excluding hydrogens is 226 g/mol. The molecule has 2 rings (SSSR count). The first kappa shape index (κ1) is 12.6. The molecule has 4 nitrogen and oxygen atoms in total. The molecule has 0 aliphatic heterocycles. The Hall–Kier alpha value is -1.84. The van der Waals surface area contributed by atoms with Crippen molar-refractivity contribution in [2.24, 2.45) is 0 Å². The van der Waals surface area contributed by atoms with E-state index in [9.17, 15) is 4.79 Å². The largest absolute Gasteiger partial charge is 0.352 e. The van der Waals surface area contributed by atoms with Crippen LogP contribution in [0.15, 0.2) is 35.3 Å². The Morgan fingerprint density at radius 2 is 1.83 bits per heavy atom. The molecule has 0 N–H and O–H groups in total. The van der Waals surface area contributed by atoms with Gasteiger partial charge in [0, 0.05) is 24.3 Å². The lowest BCUT2D eigenvalue weighted by Crippen LogP contribution is -2.38. The Balaban J connectivity index is 2.61. The lowest BCUT2D eigenvalue weighted by molar-refractivity contribution is 0.600. The first-order valence-corrected chi connectivity index (χ1v) is 6.27. The number of hydrogen-bond acceptors (Lipinski definition) is 3. The lowest BCUT2D eigenvalue weighted by Gasteiger charge is -2.31. The predicted molar refractivity (Wildman–Crippen MR) is 74.2 cm³/mol. The van der Waals surface area contributed by atoms with Gasteiger partial charge in [-0.25, -0.2) is 4.98 Å². The van der Waals surface area contributed by atoms with Crippen molar-refractivity contribution in [2.45, 2.75) is 39.8 Å². The van der Waals surface area contributed by atoms with Crippen LogP contribution in [0.3, 0.4) is 0 Å². The summed E-state index contributed by atoms with van der Waals surface area (Å²) in [6, 6.07) is 7.79. The van der Waals surface area contributed by atoms with E-state index in [4.69, 9.17) is 0 Å². The Labute approximate surface area is 107 Å². The number of hydrogen-bond donors (Lipinski definition) is 0. The van der Waals surface area contributed by atoms with Crippen LogP contribution in [0.1, 0.15) is 27.7 Å². The minimum absolute atomic E-state index is 0.0399. The van der Waals surface area contributed by atoms with Gasteiger partial charge in [0.2, 0.25) is 0 Å². The van der Waals surface area contributed by atoms with Gasteiger partial charge in [-0.2, -0.15) is 0 Å². The maximum absolute atomic E-state index is 12.0. The van der Waals surface area contributed by atoms with E-state index in [1.807, 2.05) is 18.2 Å². The summed E-state index contributed by atoms with van der Waals surface area (Å²) < 4.78 is 1.56.